The Kier molecular flexibility index (Phi) is 7.23. The first-order valence-electron chi connectivity index (χ1n) is 4.79. The van der Waals surface area contributed by atoms with Gasteiger partial charge in [-0.15, -0.1) is 0 Å². The van der Waals surface area contributed by atoms with E-state index in [0.717, 1.165) is 0 Å². The van der Waals surface area contributed by atoms with Crippen LogP contribution in [-0.2, 0) is 0 Å². The average Bonchev–Trinajstić information content (AvgIpc) is 2.11. The Labute approximate surface area is 71.0 Å². The van der Waals surface area contributed by atoms with Gasteiger partial charge in [0, 0.05) is 0 Å². The van der Waals surface area contributed by atoms with Crippen LogP contribution < -0.4 is 0 Å². The van der Waals surface area contributed by atoms with E-state index >= 15 is 0 Å². The maximum absolute atomic E-state index is 2.35. The summed E-state index contributed by atoms with van der Waals surface area (Å²) in [5.41, 5.74) is 1.53. The van der Waals surface area contributed by atoms with Crippen molar-refractivity contribution in [3.05, 3.63) is 23.8 Å². The highest BCUT2D eigenvalue weighted by molar-refractivity contribution is 5.21. The molecule has 0 unspecified atom stereocenters. The van der Waals surface area contributed by atoms with Gasteiger partial charge in [-0.05, 0) is 19.3 Å². The van der Waals surface area contributed by atoms with Crippen molar-refractivity contribution >= 4 is 0 Å². The molecule has 0 bridgehead atoms. The smallest absolute Gasteiger partial charge is 0.0285 e. The van der Waals surface area contributed by atoms with Crippen molar-refractivity contribution in [2.75, 3.05) is 0 Å². The molecular formula is C11H20. The second kappa shape index (κ2) is 7.59. The summed E-state index contributed by atoms with van der Waals surface area (Å²) in [6.07, 6.45) is 11.9. The summed E-state index contributed by atoms with van der Waals surface area (Å²) in [5, 5.41) is 0. The molecule has 0 aromatic carbocycles. The lowest BCUT2D eigenvalue weighted by Gasteiger charge is -2.03. The van der Waals surface area contributed by atoms with Gasteiger partial charge in [0.25, 0.3) is 0 Å². The molecule has 0 aromatic rings. The standard InChI is InChI=1S/C9H14.C2H6/c1-2-6-9-7-4-3-5-8-9;1-2/h4,7-8H,2-3,5-6H2,1H3;1-2H3. The molecule has 1 aliphatic carbocycles. The van der Waals surface area contributed by atoms with Gasteiger partial charge in [0.05, 0.1) is 0 Å². The second-order valence-electron chi connectivity index (χ2n) is 2.51. The van der Waals surface area contributed by atoms with Crippen molar-refractivity contribution in [2.45, 2.75) is 46.5 Å². The van der Waals surface area contributed by atoms with E-state index in [0.29, 0.717) is 0 Å². The molecule has 0 spiro atoms. The van der Waals surface area contributed by atoms with Crippen LogP contribution in [0.25, 0.3) is 0 Å². The number of hydrogen-bond donors (Lipinski definition) is 0. The van der Waals surface area contributed by atoms with E-state index in [1.165, 1.54) is 31.3 Å². The van der Waals surface area contributed by atoms with E-state index in [-0.39, 0.29) is 0 Å². The third kappa shape index (κ3) is 4.83. The molecule has 1 aliphatic rings. The summed E-state index contributed by atoms with van der Waals surface area (Å²) < 4.78 is 0. The Bertz CT molecular complexity index is 129. The summed E-state index contributed by atoms with van der Waals surface area (Å²) in [5.74, 6) is 0. The maximum atomic E-state index is 2.35. The van der Waals surface area contributed by atoms with Crippen LogP contribution in [0.1, 0.15) is 46.5 Å². The number of rotatable bonds is 2. The Morgan fingerprint density at radius 3 is 2.45 bits per heavy atom. The van der Waals surface area contributed by atoms with Gasteiger partial charge in [0.15, 0.2) is 0 Å². The van der Waals surface area contributed by atoms with Gasteiger partial charge in [-0.3, -0.25) is 0 Å². The van der Waals surface area contributed by atoms with Crippen molar-refractivity contribution in [2.24, 2.45) is 0 Å². The molecular weight excluding hydrogens is 132 g/mol. The lowest BCUT2D eigenvalue weighted by atomic mass is 10.0. The van der Waals surface area contributed by atoms with Crippen LogP contribution >= 0.6 is 0 Å². The van der Waals surface area contributed by atoms with Crippen LogP contribution in [0.3, 0.4) is 0 Å². The van der Waals surface area contributed by atoms with E-state index in [2.05, 4.69) is 25.2 Å². The zero-order valence-electron chi connectivity index (χ0n) is 8.06. The Morgan fingerprint density at radius 1 is 1.27 bits per heavy atom. The average molecular weight is 152 g/mol. The normalized spacial score (nSPS) is 15.0. The predicted molar refractivity (Wildman–Crippen MR) is 52.7 cm³/mol. The summed E-state index contributed by atoms with van der Waals surface area (Å²) in [6.45, 7) is 6.23. The van der Waals surface area contributed by atoms with Crippen LogP contribution in [0.4, 0.5) is 0 Å². The molecule has 0 nitrogen and oxygen atoms in total. The first-order chi connectivity index (χ1) is 5.43. The molecule has 0 heterocycles. The third-order valence-electron chi connectivity index (χ3n) is 1.61. The first-order valence-corrected chi connectivity index (χ1v) is 4.79. The maximum Gasteiger partial charge on any atom is -0.0285 e. The summed E-state index contributed by atoms with van der Waals surface area (Å²) in [7, 11) is 0. The van der Waals surface area contributed by atoms with Crippen molar-refractivity contribution < 1.29 is 0 Å². The second-order valence-corrected chi connectivity index (χ2v) is 2.51. The topological polar surface area (TPSA) is 0 Å². The predicted octanol–water partition coefficient (Wildman–Crippen LogP) is 4.09. The molecule has 1 rings (SSSR count). The molecule has 0 amide bonds. The van der Waals surface area contributed by atoms with Crippen LogP contribution in [-0.4, -0.2) is 0 Å². The van der Waals surface area contributed by atoms with Crippen LogP contribution in [0.2, 0.25) is 0 Å². The fourth-order valence-corrected chi connectivity index (χ4v) is 1.14. The van der Waals surface area contributed by atoms with Gasteiger partial charge in [-0.1, -0.05) is 51.0 Å². The quantitative estimate of drug-likeness (QED) is 0.559. The first kappa shape index (κ1) is 10.5. The van der Waals surface area contributed by atoms with Gasteiger partial charge in [-0.2, -0.15) is 0 Å². The molecule has 0 fully saturated rings. The molecule has 64 valence electrons. The highest BCUT2D eigenvalue weighted by Gasteiger charge is 1.93. The Morgan fingerprint density at radius 2 is 2.00 bits per heavy atom. The molecule has 0 saturated heterocycles. The van der Waals surface area contributed by atoms with E-state index in [1.807, 2.05) is 13.8 Å². The van der Waals surface area contributed by atoms with Gasteiger partial charge in [0.1, 0.15) is 0 Å². The summed E-state index contributed by atoms with van der Waals surface area (Å²) in [4.78, 5) is 0. The van der Waals surface area contributed by atoms with Crippen LogP contribution in [0, 0.1) is 0 Å². The molecule has 0 saturated carbocycles. The van der Waals surface area contributed by atoms with Crippen molar-refractivity contribution in [3.63, 3.8) is 0 Å². The van der Waals surface area contributed by atoms with Gasteiger partial charge >= 0.3 is 0 Å². The molecule has 0 aromatic heterocycles. The fourth-order valence-electron chi connectivity index (χ4n) is 1.14. The van der Waals surface area contributed by atoms with Crippen LogP contribution in [0.5, 0.6) is 0 Å². The SMILES string of the molecule is CC.CCCC1=CCCC=C1. The van der Waals surface area contributed by atoms with E-state index in [4.69, 9.17) is 0 Å². The number of allylic oxidation sites excluding steroid dienone is 4. The van der Waals surface area contributed by atoms with Gasteiger partial charge in [0.2, 0.25) is 0 Å². The molecule has 0 radical (unpaired) electrons. The summed E-state index contributed by atoms with van der Waals surface area (Å²) in [6, 6.07) is 0. The monoisotopic (exact) mass is 152 g/mol. The van der Waals surface area contributed by atoms with Gasteiger partial charge < -0.3 is 0 Å². The minimum Gasteiger partial charge on any atom is -0.0840 e. The molecule has 0 atom stereocenters. The van der Waals surface area contributed by atoms with Crippen LogP contribution in [0.15, 0.2) is 23.8 Å². The lowest BCUT2D eigenvalue weighted by molar-refractivity contribution is 0.894. The van der Waals surface area contributed by atoms with E-state index < -0.39 is 0 Å². The lowest BCUT2D eigenvalue weighted by Crippen LogP contribution is -1.82. The minimum atomic E-state index is 1.24. The third-order valence-corrected chi connectivity index (χ3v) is 1.61. The highest BCUT2D eigenvalue weighted by atomic mass is 14.0. The van der Waals surface area contributed by atoms with Crippen molar-refractivity contribution in [1.82, 2.24) is 0 Å². The molecule has 0 aliphatic heterocycles. The zero-order valence-corrected chi connectivity index (χ0v) is 8.06. The molecule has 0 heteroatoms. The summed E-state index contributed by atoms with van der Waals surface area (Å²) >= 11 is 0. The highest BCUT2D eigenvalue weighted by Crippen LogP contribution is 2.13. The Hall–Kier alpha value is -0.520. The van der Waals surface area contributed by atoms with Crippen molar-refractivity contribution in [3.8, 4) is 0 Å². The largest absolute Gasteiger partial charge is 0.0840 e. The number of hydrogen-bond acceptors (Lipinski definition) is 0. The molecule has 11 heavy (non-hydrogen) atoms. The van der Waals surface area contributed by atoms with Gasteiger partial charge in [-0.25, -0.2) is 0 Å². The zero-order chi connectivity index (χ0) is 8.53. The Balaban J connectivity index is 0.000000461. The van der Waals surface area contributed by atoms with Crippen molar-refractivity contribution in [1.29, 1.82) is 0 Å². The van der Waals surface area contributed by atoms with E-state index in [9.17, 15) is 0 Å². The fraction of sp³-hybridized carbons (Fsp3) is 0.636. The minimum absolute atomic E-state index is 1.24. The molecule has 0 N–H and O–H groups in total. The van der Waals surface area contributed by atoms with E-state index in [1.54, 1.807) is 0 Å².